The maximum atomic E-state index is 11.8. The molecule has 0 aliphatic heterocycles. The Labute approximate surface area is 162 Å². The molecule has 2 aromatic heterocycles. The van der Waals surface area contributed by atoms with E-state index in [1.165, 1.54) is 33.4 Å². The van der Waals surface area contributed by atoms with Crippen LogP contribution in [-0.2, 0) is 27.6 Å². The van der Waals surface area contributed by atoms with Crippen LogP contribution >= 0.6 is 0 Å². The molecule has 5 heteroatoms. The minimum Gasteiger partial charge on any atom is -0.662 e. The predicted octanol–water partition coefficient (Wildman–Crippen LogP) is 4.82. The van der Waals surface area contributed by atoms with Gasteiger partial charge in [-0.25, -0.2) is 0 Å². The summed E-state index contributed by atoms with van der Waals surface area (Å²) in [6.07, 6.45) is 3.46. The Kier molecular flexibility index (Phi) is 5.53. The molecule has 1 N–H and O–H groups in total. The first-order valence-corrected chi connectivity index (χ1v) is 8.08. The molecule has 0 aliphatic rings. The van der Waals surface area contributed by atoms with Gasteiger partial charge in [-0.3, -0.25) is 4.98 Å². The first kappa shape index (κ1) is 19.4. The fourth-order valence-corrected chi connectivity index (χ4v) is 3.44. The van der Waals surface area contributed by atoms with Crippen LogP contribution in [0.3, 0.4) is 0 Å². The van der Waals surface area contributed by atoms with E-state index >= 15 is 0 Å². The molecule has 0 bridgehead atoms. The molecule has 0 fully saturated rings. The van der Waals surface area contributed by atoms with E-state index in [2.05, 4.69) is 39.6 Å². The van der Waals surface area contributed by atoms with Crippen LogP contribution in [0.2, 0.25) is 0 Å². The zero-order valence-electron chi connectivity index (χ0n) is 15.2. The summed E-state index contributed by atoms with van der Waals surface area (Å²) in [7, 11) is 0. The van der Waals surface area contributed by atoms with Crippen LogP contribution in [0.25, 0.3) is 16.6 Å². The van der Waals surface area contributed by atoms with E-state index < -0.39 is 5.91 Å². The van der Waals surface area contributed by atoms with Gasteiger partial charge in [-0.15, -0.1) is 0 Å². The zero-order chi connectivity index (χ0) is 17.6. The quantitative estimate of drug-likeness (QED) is 0.514. The molecule has 3 aromatic rings. The molecule has 0 atom stereocenters. The van der Waals surface area contributed by atoms with Crippen molar-refractivity contribution >= 4 is 16.8 Å². The Morgan fingerprint density at radius 1 is 1.04 bits per heavy atom. The summed E-state index contributed by atoms with van der Waals surface area (Å²) in [5.74, 6) is -0.665. The second kappa shape index (κ2) is 7.13. The third kappa shape index (κ3) is 3.16. The van der Waals surface area contributed by atoms with Crippen molar-refractivity contribution in [2.45, 2.75) is 41.2 Å². The molecule has 0 saturated carbocycles. The van der Waals surface area contributed by atoms with Gasteiger partial charge in [0.15, 0.2) is 0 Å². The number of carbonyl (C=O) groups is 1. The Bertz CT molecular complexity index is 944. The summed E-state index contributed by atoms with van der Waals surface area (Å²) in [5.41, 5.74) is 16.6. The van der Waals surface area contributed by atoms with E-state index in [-0.39, 0.29) is 21.1 Å². The molecule has 4 nitrogen and oxygen atoms in total. The van der Waals surface area contributed by atoms with E-state index in [4.69, 9.17) is 5.73 Å². The molecule has 0 saturated heterocycles. The summed E-state index contributed by atoms with van der Waals surface area (Å²) in [4.78, 5) is 15.9. The summed E-state index contributed by atoms with van der Waals surface area (Å²) in [6, 6.07) is 3.66. The standard InChI is InChI=1S/C20H23N3O.W/c1-11-12(2)14(4)17(15(5)13(11)3)10-23-18-6-7-22-9-16(18)8-19(23)20(21)24;/h6-9H,10H2,1-5H3,(H2,21,24);/p-1. The fraction of sp³-hybridized carbons (Fsp3) is 0.300. The van der Waals surface area contributed by atoms with Crippen LogP contribution in [0, 0.1) is 34.6 Å². The SMILES string of the molecule is Cc1c(C)c(C)c(Cn2c(C([NH-])=O)cc3cnccc32)c(C)c1C.[W]. The zero-order valence-corrected chi connectivity index (χ0v) is 18.2. The molecule has 0 aliphatic carbocycles. The molecule has 1 amide bonds. The van der Waals surface area contributed by atoms with Crippen molar-refractivity contribution in [2.24, 2.45) is 0 Å². The number of carbonyl (C=O) groups excluding carboxylic acids is 1. The van der Waals surface area contributed by atoms with Crippen molar-refractivity contribution in [2.75, 3.05) is 0 Å². The Morgan fingerprint density at radius 3 is 2.16 bits per heavy atom. The molecular formula is C20H22N3OW-. The van der Waals surface area contributed by atoms with Crippen LogP contribution in [0.4, 0.5) is 0 Å². The van der Waals surface area contributed by atoms with Gasteiger partial charge in [0, 0.05) is 45.4 Å². The van der Waals surface area contributed by atoms with E-state index in [1.807, 2.05) is 10.6 Å². The van der Waals surface area contributed by atoms with Crippen molar-refractivity contribution in [3.05, 3.63) is 69.3 Å². The number of pyridine rings is 1. The average molecular weight is 504 g/mol. The Balaban J connectivity index is 0.00000225. The smallest absolute Gasteiger partial charge is 0.0964 e. The number of aromatic nitrogens is 2. The second-order valence-electron chi connectivity index (χ2n) is 6.48. The molecule has 0 spiro atoms. The minimum atomic E-state index is -0.665. The maximum absolute atomic E-state index is 11.8. The molecule has 3 rings (SSSR count). The average Bonchev–Trinajstić information content (AvgIpc) is 2.94. The van der Waals surface area contributed by atoms with E-state index in [0.29, 0.717) is 12.2 Å². The van der Waals surface area contributed by atoms with E-state index in [0.717, 1.165) is 10.9 Å². The van der Waals surface area contributed by atoms with Crippen molar-refractivity contribution in [1.29, 1.82) is 0 Å². The van der Waals surface area contributed by atoms with Crippen molar-refractivity contribution in [1.82, 2.24) is 9.55 Å². The number of fused-ring (bicyclic) bond motifs is 1. The number of hydrogen-bond donors (Lipinski definition) is 0. The van der Waals surface area contributed by atoms with Crippen molar-refractivity contribution < 1.29 is 25.9 Å². The number of benzene rings is 1. The number of amides is 1. The number of nitrogens with one attached hydrogen (secondary N) is 1. The normalized spacial score (nSPS) is 10.8. The maximum Gasteiger partial charge on any atom is 0.0964 e. The number of hydrogen-bond acceptors (Lipinski definition) is 2. The molecule has 0 radical (unpaired) electrons. The van der Waals surface area contributed by atoms with E-state index in [9.17, 15) is 4.79 Å². The van der Waals surface area contributed by atoms with Crippen LogP contribution in [-0.4, -0.2) is 15.5 Å². The molecule has 1 aromatic carbocycles. The third-order valence-corrected chi connectivity index (χ3v) is 5.41. The molecule has 130 valence electrons. The first-order chi connectivity index (χ1) is 11.3. The second-order valence-corrected chi connectivity index (χ2v) is 6.48. The first-order valence-electron chi connectivity index (χ1n) is 8.08. The van der Waals surface area contributed by atoms with Gasteiger partial charge in [0.05, 0.1) is 17.1 Å². The predicted molar refractivity (Wildman–Crippen MR) is 97.6 cm³/mol. The van der Waals surface area contributed by atoms with Gasteiger partial charge >= 0.3 is 0 Å². The number of nitrogens with zero attached hydrogens (tertiary/aromatic N) is 2. The topological polar surface area (TPSA) is 58.7 Å². The van der Waals surface area contributed by atoms with Crippen molar-refractivity contribution in [3.63, 3.8) is 0 Å². The fourth-order valence-electron chi connectivity index (χ4n) is 3.44. The molecule has 25 heavy (non-hydrogen) atoms. The Hall–Kier alpha value is -1.93. The van der Waals surface area contributed by atoms with Gasteiger partial charge in [-0.05, 0) is 80.1 Å². The minimum absolute atomic E-state index is 0. The number of rotatable bonds is 3. The van der Waals surface area contributed by atoms with Crippen LogP contribution in [0.15, 0.2) is 24.5 Å². The summed E-state index contributed by atoms with van der Waals surface area (Å²) < 4.78 is 1.94. The third-order valence-electron chi connectivity index (χ3n) is 5.41. The van der Waals surface area contributed by atoms with Gasteiger partial charge < -0.3 is 15.1 Å². The molecular weight excluding hydrogens is 482 g/mol. The molecule has 0 unspecified atom stereocenters. The van der Waals surface area contributed by atoms with Gasteiger partial charge in [-0.2, -0.15) is 0 Å². The van der Waals surface area contributed by atoms with Gasteiger partial charge in [-0.1, -0.05) is 0 Å². The van der Waals surface area contributed by atoms with Crippen LogP contribution in [0.1, 0.15) is 43.9 Å². The Morgan fingerprint density at radius 2 is 1.60 bits per heavy atom. The summed E-state index contributed by atoms with van der Waals surface area (Å²) in [6.45, 7) is 11.3. The summed E-state index contributed by atoms with van der Waals surface area (Å²) in [5, 5.41) is 0.893. The van der Waals surface area contributed by atoms with Crippen molar-refractivity contribution in [3.8, 4) is 0 Å². The van der Waals surface area contributed by atoms with Gasteiger partial charge in [0.2, 0.25) is 0 Å². The van der Waals surface area contributed by atoms with Gasteiger partial charge in [0.1, 0.15) is 0 Å². The van der Waals surface area contributed by atoms with Crippen LogP contribution < -0.4 is 0 Å². The van der Waals surface area contributed by atoms with Gasteiger partial charge in [0.25, 0.3) is 0 Å². The monoisotopic (exact) mass is 504 g/mol. The van der Waals surface area contributed by atoms with Crippen LogP contribution in [0.5, 0.6) is 0 Å². The largest absolute Gasteiger partial charge is 0.662 e. The molecule has 2 heterocycles. The van der Waals surface area contributed by atoms with E-state index in [1.54, 1.807) is 18.5 Å². The summed E-state index contributed by atoms with van der Waals surface area (Å²) >= 11 is 0.